The molecule has 0 bridgehead atoms. The molecule has 0 radical (unpaired) electrons. The Balaban J connectivity index is 0.000000120. The molecule has 0 aliphatic rings. The summed E-state index contributed by atoms with van der Waals surface area (Å²) < 4.78 is 95.3. The molecule has 12 aromatic carbocycles. The van der Waals surface area contributed by atoms with Crippen LogP contribution in [0.3, 0.4) is 0 Å². The van der Waals surface area contributed by atoms with Crippen molar-refractivity contribution < 1.29 is 53.5 Å². The summed E-state index contributed by atoms with van der Waals surface area (Å²) in [5.74, 6) is -0.503. The predicted molar refractivity (Wildman–Crippen MR) is 505 cm³/mol. The molecule has 20 aromatic rings. The second-order valence-corrected chi connectivity index (χ2v) is 33.3. The van der Waals surface area contributed by atoms with Crippen molar-refractivity contribution in [3.8, 4) is 89.5 Å². The number of furan rings is 4. The van der Waals surface area contributed by atoms with E-state index in [4.69, 9.17) is 44.0 Å². The first kappa shape index (κ1) is 84.3. The summed E-state index contributed by atoms with van der Waals surface area (Å²) in [6, 6.07) is 75.8. The molecule has 0 aliphatic carbocycles. The molecular weight excluding hydrogens is 1600 g/mol. The minimum Gasteiger partial charge on any atom is -0.456 e. The molecule has 20 rings (SSSR count). The molecule has 0 saturated carbocycles. The van der Waals surface area contributed by atoms with Gasteiger partial charge in [-0.25, -0.2) is 55.2 Å². The highest BCUT2D eigenvalue weighted by Gasteiger charge is 2.32. The van der Waals surface area contributed by atoms with Gasteiger partial charge in [0.1, 0.15) is 73.8 Å². The van der Waals surface area contributed by atoms with E-state index in [2.05, 4.69) is 88.2 Å². The molecule has 16 heteroatoms. The van der Waals surface area contributed by atoms with Gasteiger partial charge < -0.3 is 17.7 Å². The second-order valence-electron chi connectivity index (χ2n) is 33.3. The Hall–Kier alpha value is -15.9. The minimum absolute atomic E-state index is 0.317. The summed E-state index contributed by atoms with van der Waals surface area (Å²) in [6.45, 7) is 51.0. The Kier molecular flexibility index (Phi) is 22.6. The van der Waals surface area contributed by atoms with Gasteiger partial charge in [-0.3, -0.25) is 0 Å². The molecule has 8 aromatic heterocycles. The van der Waals surface area contributed by atoms with Gasteiger partial charge in [0.15, 0.2) is 69.9 Å². The normalized spacial score (nSPS) is 11.3. The summed E-state index contributed by atoms with van der Waals surface area (Å²) in [6.07, 6.45) is 8.19. The zero-order chi connectivity index (χ0) is 89.9. The highest BCUT2D eigenvalue weighted by atomic mass is 19.1. The molecule has 8 heterocycles. The highest BCUT2D eigenvalue weighted by molar-refractivity contribution is 6.20. The van der Waals surface area contributed by atoms with E-state index in [1.54, 1.807) is 72.8 Å². The molecule has 0 saturated heterocycles. The summed E-state index contributed by atoms with van der Waals surface area (Å²) in [4.78, 5) is 14.9. The number of hydrogen-bond acceptors (Lipinski definition) is 4. The van der Waals surface area contributed by atoms with Gasteiger partial charge in [-0.1, -0.05) is 198 Å². The van der Waals surface area contributed by atoms with Crippen molar-refractivity contribution >= 4 is 111 Å². The third-order valence-electron chi connectivity index (χ3n) is 24.2. The van der Waals surface area contributed by atoms with Gasteiger partial charge in [0.05, 0.1) is 70.1 Å². The molecule has 0 spiro atoms. The van der Waals surface area contributed by atoms with E-state index in [0.717, 1.165) is 101 Å². The fraction of sp³-hybridized carbons (Fsp3) is 0.143. The van der Waals surface area contributed by atoms with Crippen LogP contribution in [0.15, 0.2) is 285 Å². The Bertz CT molecular complexity index is 8100. The van der Waals surface area contributed by atoms with Gasteiger partial charge in [-0.05, 0) is 145 Å². The zero-order valence-electron chi connectivity index (χ0n) is 73.3. The van der Waals surface area contributed by atoms with Crippen molar-refractivity contribution in [1.82, 2.24) is 0 Å². The fourth-order valence-electron chi connectivity index (χ4n) is 17.8. The Morgan fingerprint density at radius 2 is 0.555 bits per heavy atom. The van der Waals surface area contributed by atoms with Crippen LogP contribution in [0.1, 0.15) is 84.0 Å². The van der Waals surface area contributed by atoms with Crippen molar-refractivity contribution in [3.63, 3.8) is 0 Å². The number of fused-ring (bicyclic) bond motifs is 12. The fourth-order valence-corrected chi connectivity index (χ4v) is 17.8. The molecule has 128 heavy (non-hydrogen) atoms. The van der Waals surface area contributed by atoms with Gasteiger partial charge in [0, 0.05) is 91.3 Å². The lowest BCUT2D eigenvalue weighted by molar-refractivity contribution is -0.660. The second kappa shape index (κ2) is 34.3. The lowest BCUT2D eigenvalue weighted by atomic mass is 9.96. The number of aryl methyl sites for hydroxylation is 10. The van der Waals surface area contributed by atoms with Crippen LogP contribution in [0.5, 0.6) is 0 Å². The topological polar surface area (TPSA) is 85.5 Å². The maximum Gasteiger partial charge on any atom is 0.216 e. The Morgan fingerprint density at radius 3 is 0.852 bits per heavy atom. The number of pyridine rings is 4. The Labute approximate surface area is 739 Å². The maximum atomic E-state index is 15.4. The van der Waals surface area contributed by atoms with Crippen LogP contribution in [0.25, 0.3) is 197 Å². The third kappa shape index (κ3) is 15.0. The first-order valence-corrected chi connectivity index (χ1v) is 42.2. The molecule has 624 valence electrons. The van der Waals surface area contributed by atoms with Gasteiger partial charge in [0.25, 0.3) is 0 Å². The van der Waals surface area contributed by atoms with Crippen molar-refractivity contribution in [2.24, 2.45) is 28.2 Å². The number of aromatic nitrogens is 4. The number of benzene rings is 12. The zero-order valence-corrected chi connectivity index (χ0v) is 73.3. The van der Waals surface area contributed by atoms with Crippen LogP contribution in [-0.4, -0.2) is 0 Å². The summed E-state index contributed by atoms with van der Waals surface area (Å²) in [7, 11) is 7.94. The van der Waals surface area contributed by atoms with E-state index < -0.39 is 0 Å². The first-order valence-electron chi connectivity index (χ1n) is 42.2. The van der Waals surface area contributed by atoms with E-state index in [1.165, 1.54) is 11.1 Å². The first-order chi connectivity index (χ1) is 61.8. The van der Waals surface area contributed by atoms with Crippen LogP contribution >= 0.6 is 0 Å². The van der Waals surface area contributed by atoms with E-state index in [1.807, 2.05) is 242 Å². The van der Waals surface area contributed by atoms with E-state index in [-0.39, 0.29) is 23.3 Å². The van der Waals surface area contributed by atoms with Crippen molar-refractivity contribution in [1.29, 1.82) is 0 Å². The lowest BCUT2D eigenvalue weighted by Crippen LogP contribution is -2.31. The SMILES string of the molecule is [C-]#[N+]c1ccc2c(oc3c(-c4cc(C(C)C)cc[n+]4C)c(C)cc(F)c32)c1-c1ccccc1.[C-]#[N+]c1ccc2c(oc3c(-c4cc(C)cc[n+]4C)c(C)cc(F)c32)c1-c1ccccc1.[C-]#[N+]c1ccc2c(oc3c(-c4ccc(C(C)C)c[n+]4C)c(C)cc(F)c32)c1-c1ccccc1.[C-]#[N+]c1ccc2c(oc3c(-c4ccc(C)c[n+]4C)c(C)cc(F)c32)c1-c1ccccc1. The maximum absolute atomic E-state index is 15.4. The molecule has 0 fully saturated rings. The summed E-state index contributed by atoms with van der Waals surface area (Å²) >= 11 is 0. The average molecular weight is 1690 g/mol. The van der Waals surface area contributed by atoms with Gasteiger partial charge >= 0.3 is 0 Å². The number of rotatable bonds is 10. The third-order valence-corrected chi connectivity index (χ3v) is 24.2. The van der Waals surface area contributed by atoms with Crippen LogP contribution in [0.4, 0.5) is 40.3 Å². The van der Waals surface area contributed by atoms with E-state index >= 15 is 17.6 Å². The Morgan fingerprint density at radius 1 is 0.266 bits per heavy atom. The van der Waals surface area contributed by atoms with E-state index in [9.17, 15) is 0 Å². The molecule has 0 atom stereocenters. The van der Waals surface area contributed by atoms with Crippen molar-refractivity contribution in [2.75, 3.05) is 0 Å². The van der Waals surface area contributed by atoms with Crippen molar-refractivity contribution in [2.45, 2.75) is 81.1 Å². The van der Waals surface area contributed by atoms with Crippen LogP contribution in [-0.2, 0) is 28.2 Å². The van der Waals surface area contributed by atoms with Crippen molar-refractivity contribution in [3.05, 3.63) is 381 Å². The molecule has 0 unspecified atom stereocenters. The number of nitrogens with zero attached hydrogens (tertiary/aromatic N) is 8. The molecule has 0 amide bonds. The summed E-state index contributed by atoms with van der Waals surface area (Å²) in [5, 5.41) is 4.51. The predicted octanol–water partition coefficient (Wildman–Crippen LogP) is 29.8. The molecule has 12 nitrogen and oxygen atoms in total. The van der Waals surface area contributed by atoms with Gasteiger partial charge in [-0.15, -0.1) is 0 Å². The smallest absolute Gasteiger partial charge is 0.216 e. The minimum atomic E-state index is -0.320. The average Bonchev–Trinajstić information content (AvgIpc) is 1.59. The molecule has 0 aliphatic heterocycles. The van der Waals surface area contributed by atoms with Crippen LogP contribution < -0.4 is 18.3 Å². The quantitative estimate of drug-likeness (QED) is 0.0776. The van der Waals surface area contributed by atoms with Crippen LogP contribution in [0.2, 0.25) is 0 Å². The monoisotopic (exact) mass is 1680 g/mol. The number of hydrogen-bond donors (Lipinski definition) is 0. The standard InChI is InChI=1S/2C29H24FN2O.2C27H20FN2O/c1-17(2)20-11-14-24(32(5)16-20)25-18(3)15-22(30)27-21-12-13-23(31-4)26(28(21)33-29(25)27)19-9-7-6-8-10-19;1-17(2)20-13-14-32(5)24(16-20)25-18(3)15-22(30)27-21-11-12-23(31-4)26(28(21)33-29(25)27)19-9-7-6-8-10-19;1-16-10-13-22(30(4)15-16)23-17(2)14-20(28)25-19-11-12-21(29-3)24(26(19)31-27(23)25)18-8-6-5-7-9-18;1-16-12-13-30(4)22(14-16)23-17(2)15-20(28)25-19-10-11-21(29-3)24(26(19)31-27(23)25)18-8-6-5-7-9-18/h2*6-17H,1-3,5H3;2*5-15H,1-2,4H3/q4*+1. The van der Waals surface area contributed by atoms with E-state index in [0.29, 0.717) is 145 Å². The highest BCUT2D eigenvalue weighted by Crippen LogP contribution is 2.51. The van der Waals surface area contributed by atoms with Crippen LogP contribution in [0, 0.1) is 91.1 Å². The van der Waals surface area contributed by atoms with Gasteiger partial charge in [0.2, 0.25) is 22.8 Å². The lowest BCUT2D eigenvalue weighted by Gasteiger charge is -2.10. The van der Waals surface area contributed by atoms with Gasteiger partial charge in [-0.2, -0.15) is 0 Å². The number of halogens is 4. The molecule has 0 N–H and O–H groups in total. The largest absolute Gasteiger partial charge is 0.456 e. The summed E-state index contributed by atoms with van der Waals surface area (Å²) in [5.41, 5.74) is 27.6. The molecular formula is C112H88F4N8O4+4.